The molecule has 0 amide bonds. The van der Waals surface area contributed by atoms with Crippen molar-refractivity contribution in [3.05, 3.63) is 36.4 Å². The van der Waals surface area contributed by atoms with Crippen molar-refractivity contribution in [3.63, 3.8) is 0 Å². The van der Waals surface area contributed by atoms with Gasteiger partial charge in [-0.2, -0.15) is 0 Å². The van der Waals surface area contributed by atoms with Crippen molar-refractivity contribution in [2.75, 3.05) is 24.6 Å². The Bertz CT molecular complexity index is 1070. The molecule has 0 bridgehead atoms. The van der Waals surface area contributed by atoms with E-state index in [9.17, 15) is 16.8 Å². The van der Waals surface area contributed by atoms with E-state index in [-0.39, 0.29) is 28.5 Å². The zero-order chi connectivity index (χ0) is 20.6. The van der Waals surface area contributed by atoms with Crippen molar-refractivity contribution in [1.82, 2.24) is 14.6 Å². The van der Waals surface area contributed by atoms with Gasteiger partial charge in [-0.05, 0) is 44.5 Å². The van der Waals surface area contributed by atoms with E-state index in [1.165, 1.54) is 0 Å². The Labute approximate surface area is 171 Å². The summed E-state index contributed by atoms with van der Waals surface area (Å²) in [5.41, 5.74) is 1.46. The van der Waals surface area contributed by atoms with Crippen molar-refractivity contribution in [3.8, 4) is 11.3 Å². The number of piperidine rings is 1. The van der Waals surface area contributed by atoms with Crippen LogP contribution in [-0.4, -0.2) is 63.4 Å². The van der Waals surface area contributed by atoms with E-state index in [0.717, 1.165) is 5.56 Å². The molecule has 2 aliphatic rings. The lowest BCUT2D eigenvalue weighted by Gasteiger charge is -2.35. The van der Waals surface area contributed by atoms with Crippen molar-refractivity contribution >= 4 is 19.9 Å². The van der Waals surface area contributed by atoms with Gasteiger partial charge in [0.1, 0.15) is 12.0 Å². The first-order valence-corrected chi connectivity index (χ1v) is 13.0. The van der Waals surface area contributed by atoms with Gasteiger partial charge in [0.25, 0.3) is 0 Å². The third-order valence-electron chi connectivity index (χ3n) is 5.66. The molecule has 0 radical (unpaired) electrons. The van der Waals surface area contributed by atoms with Crippen molar-refractivity contribution < 1.29 is 21.3 Å². The van der Waals surface area contributed by atoms with Gasteiger partial charge in [-0.3, -0.25) is 4.90 Å². The van der Waals surface area contributed by atoms with Crippen LogP contribution in [0.25, 0.3) is 11.3 Å². The van der Waals surface area contributed by atoms with Crippen LogP contribution >= 0.6 is 0 Å². The minimum Gasteiger partial charge on any atom is -0.449 e. The van der Waals surface area contributed by atoms with Crippen LogP contribution in [0.2, 0.25) is 0 Å². The van der Waals surface area contributed by atoms with E-state index in [2.05, 4.69) is 14.6 Å². The number of sulfonamides is 1. The second-order valence-electron chi connectivity index (χ2n) is 7.76. The third-order valence-corrected chi connectivity index (χ3v) is 8.94. The van der Waals surface area contributed by atoms with E-state index >= 15 is 0 Å². The first kappa shape index (κ1) is 20.5. The Hall–Kier alpha value is -1.75. The number of aromatic nitrogens is 1. The molecule has 2 aromatic rings. The van der Waals surface area contributed by atoms with Gasteiger partial charge in [0.2, 0.25) is 10.0 Å². The second-order valence-corrected chi connectivity index (χ2v) is 11.7. The monoisotopic (exact) mass is 439 g/mol. The molecule has 1 atom stereocenters. The lowest BCUT2D eigenvalue weighted by atomic mass is 10.0. The molecule has 8 nitrogen and oxygen atoms in total. The van der Waals surface area contributed by atoms with Crippen LogP contribution in [0, 0.1) is 6.92 Å². The Balaban J connectivity index is 1.36. The van der Waals surface area contributed by atoms with E-state index in [0.29, 0.717) is 43.9 Å². The number of sulfone groups is 1. The molecule has 0 aliphatic carbocycles. The Morgan fingerprint density at radius 1 is 1.14 bits per heavy atom. The summed E-state index contributed by atoms with van der Waals surface area (Å²) in [6.07, 6.45) is 3.56. The van der Waals surface area contributed by atoms with Crippen molar-refractivity contribution in [2.45, 2.75) is 43.2 Å². The number of oxazole rings is 1. The molecule has 1 N–H and O–H groups in total. The maximum absolute atomic E-state index is 12.7. The molecule has 2 saturated heterocycles. The molecule has 0 unspecified atom stereocenters. The SMILES string of the molecule is Cc1nc(-c2ccc(S(=O)(=O)NC3CCN([C@H]4CCS(=O)(=O)C4)CC3)cc2)co1. The van der Waals surface area contributed by atoms with E-state index < -0.39 is 19.9 Å². The highest BCUT2D eigenvalue weighted by molar-refractivity contribution is 7.91. The van der Waals surface area contributed by atoms with E-state index in [1.54, 1.807) is 37.5 Å². The van der Waals surface area contributed by atoms with Crippen LogP contribution < -0.4 is 4.72 Å². The van der Waals surface area contributed by atoms with Crippen molar-refractivity contribution in [1.29, 1.82) is 0 Å². The average molecular weight is 440 g/mol. The smallest absolute Gasteiger partial charge is 0.240 e. The minimum absolute atomic E-state index is 0.0743. The molecule has 2 aliphatic heterocycles. The van der Waals surface area contributed by atoms with Crippen LogP contribution in [0.3, 0.4) is 0 Å². The minimum atomic E-state index is -3.62. The first-order chi connectivity index (χ1) is 13.7. The van der Waals surface area contributed by atoms with Crippen LogP contribution in [0.5, 0.6) is 0 Å². The van der Waals surface area contributed by atoms with Gasteiger partial charge in [-0.1, -0.05) is 12.1 Å². The average Bonchev–Trinajstić information content (AvgIpc) is 3.27. The lowest BCUT2D eigenvalue weighted by Crippen LogP contribution is -2.48. The van der Waals surface area contributed by atoms with Crippen LogP contribution in [-0.2, 0) is 19.9 Å². The summed E-state index contributed by atoms with van der Waals surface area (Å²) >= 11 is 0. The summed E-state index contributed by atoms with van der Waals surface area (Å²) in [5.74, 6) is 1.04. The largest absolute Gasteiger partial charge is 0.449 e. The highest BCUT2D eigenvalue weighted by Gasteiger charge is 2.34. The molecule has 1 aromatic heterocycles. The molecule has 2 fully saturated rings. The van der Waals surface area contributed by atoms with E-state index in [4.69, 9.17) is 4.42 Å². The Kier molecular flexibility index (Phi) is 5.54. The van der Waals surface area contributed by atoms with Crippen LogP contribution in [0.4, 0.5) is 0 Å². The molecule has 10 heteroatoms. The second kappa shape index (κ2) is 7.82. The summed E-state index contributed by atoms with van der Waals surface area (Å²) in [4.78, 5) is 6.64. The van der Waals surface area contributed by atoms with Crippen LogP contribution in [0.15, 0.2) is 39.8 Å². The van der Waals surface area contributed by atoms with Gasteiger partial charge in [0, 0.05) is 24.6 Å². The third kappa shape index (κ3) is 4.71. The summed E-state index contributed by atoms with van der Waals surface area (Å²) in [5, 5.41) is 0. The topological polar surface area (TPSA) is 110 Å². The molecule has 1 aromatic carbocycles. The fraction of sp³-hybridized carbons (Fsp3) is 0.526. The summed E-state index contributed by atoms with van der Waals surface area (Å²) in [7, 11) is -6.53. The van der Waals surface area contributed by atoms with Gasteiger partial charge >= 0.3 is 0 Å². The standard InChI is InChI=1S/C19H25N3O5S2/c1-14-20-19(12-27-14)15-2-4-18(5-3-15)29(25,26)21-16-6-9-22(10-7-16)17-8-11-28(23,24)13-17/h2-5,12,16-17,21H,6-11,13H2,1H3/t17-/m0/s1. The highest BCUT2D eigenvalue weighted by Crippen LogP contribution is 2.24. The number of benzene rings is 1. The predicted octanol–water partition coefficient (Wildman–Crippen LogP) is 1.58. The Morgan fingerprint density at radius 3 is 2.38 bits per heavy atom. The number of hydrogen-bond acceptors (Lipinski definition) is 7. The highest BCUT2D eigenvalue weighted by atomic mass is 32.2. The number of aryl methyl sites for hydroxylation is 1. The number of nitrogens with one attached hydrogen (secondary N) is 1. The molecule has 4 rings (SSSR count). The zero-order valence-electron chi connectivity index (χ0n) is 16.2. The van der Waals surface area contributed by atoms with Crippen LogP contribution in [0.1, 0.15) is 25.2 Å². The van der Waals surface area contributed by atoms with E-state index in [1.807, 2.05) is 0 Å². The molecule has 29 heavy (non-hydrogen) atoms. The molecule has 3 heterocycles. The molecule has 0 spiro atoms. The van der Waals surface area contributed by atoms with Gasteiger partial charge < -0.3 is 4.42 Å². The van der Waals surface area contributed by atoms with Gasteiger partial charge in [-0.25, -0.2) is 26.5 Å². The normalized spacial score (nSPS) is 23.4. The quantitative estimate of drug-likeness (QED) is 0.753. The zero-order valence-corrected chi connectivity index (χ0v) is 17.9. The summed E-state index contributed by atoms with van der Waals surface area (Å²) < 4.78 is 56.8. The van der Waals surface area contributed by atoms with Gasteiger partial charge in [0.15, 0.2) is 15.7 Å². The number of hydrogen-bond donors (Lipinski definition) is 1. The Morgan fingerprint density at radius 2 is 1.83 bits per heavy atom. The lowest BCUT2D eigenvalue weighted by molar-refractivity contribution is 0.161. The summed E-state index contributed by atoms with van der Waals surface area (Å²) in [6.45, 7) is 3.17. The fourth-order valence-electron chi connectivity index (χ4n) is 4.03. The molecule has 158 valence electrons. The molecular formula is C19H25N3O5S2. The molecule has 0 saturated carbocycles. The number of likely N-dealkylation sites (tertiary alicyclic amines) is 1. The fourth-order valence-corrected chi connectivity index (χ4v) is 7.10. The predicted molar refractivity (Wildman–Crippen MR) is 109 cm³/mol. The maximum atomic E-state index is 12.7. The maximum Gasteiger partial charge on any atom is 0.240 e. The number of nitrogens with zero attached hydrogens (tertiary/aromatic N) is 2. The van der Waals surface area contributed by atoms with Crippen molar-refractivity contribution in [2.24, 2.45) is 0 Å². The van der Waals surface area contributed by atoms with Gasteiger partial charge in [-0.15, -0.1) is 0 Å². The molecular weight excluding hydrogens is 414 g/mol. The summed E-state index contributed by atoms with van der Waals surface area (Å²) in [6, 6.07) is 6.50. The van der Waals surface area contributed by atoms with Gasteiger partial charge in [0.05, 0.1) is 16.4 Å². The number of rotatable bonds is 5. The first-order valence-electron chi connectivity index (χ1n) is 9.71.